The molecule has 2 N–H and O–H groups in total. The Morgan fingerprint density at radius 3 is 3.00 bits per heavy atom. The van der Waals surface area contributed by atoms with Crippen LogP contribution in [0.2, 0.25) is 0 Å². The summed E-state index contributed by atoms with van der Waals surface area (Å²) in [5.74, 6) is -0.161. The van der Waals surface area contributed by atoms with Crippen LogP contribution in [0.4, 0.5) is 5.82 Å². The van der Waals surface area contributed by atoms with Crippen molar-refractivity contribution < 1.29 is 9.53 Å². The maximum absolute atomic E-state index is 11.7. The number of nitrogens with zero attached hydrogens (tertiary/aromatic N) is 2. The molecule has 1 heterocycles. The zero-order valence-corrected chi connectivity index (χ0v) is 11.4. The predicted molar refractivity (Wildman–Crippen MR) is 76.0 cm³/mol. The Balaban J connectivity index is 1.97. The van der Waals surface area contributed by atoms with Gasteiger partial charge in [0.05, 0.1) is 6.61 Å². The maximum Gasteiger partial charge on any atom is 0.360 e. The number of carbonyl (C=O) groups excluding carboxylic acids is 1. The Bertz CT molecular complexity index is 661. The number of fused-ring (bicyclic) bond motifs is 1. The number of benzene rings is 1. The molecular weight excluding hydrogens is 254 g/mol. The minimum Gasteiger partial charge on any atom is -0.461 e. The largest absolute Gasteiger partial charge is 0.461 e. The Labute approximate surface area is 117 Å². The lowest BCUT2D eigenvalue weighted by molar-refractivity contribution is 0.0521. The number of imidazole rings is 1. The van der Waals surface area contributed by atoms with Gasteiger partial charge in [-0.25, -0.2) is 9.78 Å². The van der Waals surface area contributed by atoms with Crippen LogP contribution in [0.5, 0.6) is 0 Å². The van der Waals surface area contributed by atoms with Gasteiger partial charge in [0, 0.05) is 5.69 Å². The van der Waals surface area contributed by atoms with Gasteiger partial charge in [0.1, 0.15) is 12.1 Å². The number of nitrogens with two attached hydrogens (primary N) is 1. The van der Waals surface area contributed by atoms with Gasteiger partial charge in [0.2, 0.25) is 0 Å². The summed E-state index contributed by atoms with van der Waals surface area (Å²) in [4.78, 5) is 15.8. The van der Waals surface area contributed by atoms with Crippen LogP contribution in [0.3, 0.4) is 0 Å². The first-order valence-corrected chi connectivity index (χ1v) is 6.83. The van der Waals surface area contributed by atoms with E-state index < -0.39 is 5.97 Å². The molecule has 5 nitrogen and oxygen atoms in total. The van der Waals surface area contributed by atoms with Crippen LogP contribution in [-0.2, 0) is 17.6 Å². The monoisotopic (exact) mass is 271 g/mol. The number of aryl methyl sites for hydroxylation is 2. The van der Waals surface area contributed by atoms with E-state index in [2.05, 4.69) is 17.1 Å². The summed E-state index contributed by atoms with van der Waals surface area (Å²) in [5, 5.41) is 0. The van der Waals surface area contributed by atoms with E-state index in [4.69, 9.17) is 10.5 Å². The minimum absolute atomic E-state index is 0.173. The average Bonchev–Trinajstić information content (AvgIpc) is 3.04. The van der Waals surface area contributed by atoms with Crippen molar-refractivity contribution in [3.8, 4) is 5.69 Å². The van der Waals surface area contributed by atoms with E-state index in [0.717, 1.165) is 18.5 Å². The van der Waals surface area contributed by atoms with Crippen molar-refractivity contribution in [1.29, 1.82) is 0 Å². The van der Waals surface area contributed by atoms with Crippen LogP contribution in [0.25, 0.3) is 5.69 Å². The van der Waals surface area contributed by atoms with Gasteiger partial charge in [0.25, 0.3) is 0 Å². The van der Waals surface area contributed by atoms with Crippen molar-refractivity contribution in [2.24, 2.45) is 0 Å². The third-order valence-electron chi connectivity index (χ3n) is 3.63. The van der Waals surface area contributed by atoms with Crippen LogP contribution >= 0.6 is 0 Å². The summed E-state index contributed by atoms with van der Waals surface area (Å²) in [7, 11) is 0. The zero-order chi connectivity index (χ0) is 14.1. The number of hydrogen-bond donors (Lipinski definition) is 1. The fourth-order valence-corrected chi connectivity index (χ4v) is 2.63. The number of ether oxygens (including phenoxy) is 1. The van der Waals surface area contributed by atoms with Crippen LogP contribution in [0.15, 0.2) is 24.5 Å². The van der Waals surface area contributed by atoms with E-state index in [1.165, 1.54) is 17.5 Å². The number of hydrogen-bond acceptors (Lipinski definition) is 4. The highest BCUT2D eigenvalue weighted by Crippen LogP contribution is 2.26. The highest BCUT2D eigenvalue weighted by Gasteiger charge is 2.18. The number of nitrogen functional groups attached to an aromatic ring is 1. The summed E-state index contributed by atoms with van der Waals surface area (Å²) in [6.45, 7) is 2.07. The molecular formula is C15H17N3O2. The first-order chi connectivity index (χ1) is 9.70. The fourth-order valence-electron chi connectivity index (χ4n) is 2.63. The van der Waals surface area contributed by atoms with Crippen LogP contribution in [0.1, 0.15) is 35.0 Å². The van der Waals surface area contributed by atoms with Crippen molar-refractivity contribution in [3.63, 3.8) is 0 Å². The molecule has 0 bridgehead atoms. The lowest BCUT2D eigenvalue weighted by Crippen LogP contribution is -2.09. The van der Waals surface area contributed by atoms with Gasteiger partial charge >= 0.3 is 5.97 Å². The van der Waals surface area contributed by atoms with Crippen molar-refractivity contribution in [2.45, 2.75) is 26.2 Å². The first kappa shape index (κ1) is 12.7. The van der Waals surface area contributed by atoms with Gasteiger partial charge in [-0.1, -0.05) is 6.07 Å². The Kier molecular flexibility index (Phi) is 3.18. The summed E-state index contributed by atoms with van der Waals surface area (Å²) in [6.07, 6.45) is 5.01. The Morgan fingerprint density at radius 1 is 1.40 bits per heavy atom. The molecule has 5 heteroatoms. The Hall–Kier alpha value is -2.30. The van der Waals surface area contributed by atoms with Gasteiger partial charge < -0.3 is 10.5 Å². The lowest BCUT2D eigenvalue weighted by atomic mass is 10.1. The minimum atomic E-state index is -0.482. The SMILES string of the molecule is CCOC(=O)c1ncn(-c2ccc3c(c2)CCC3)c1N. The molecule has 0 saturated heterocycles. The lowest BCUT2D eigenvalue weighted by Gasteiger charge is -2.08. The van der Waals surface area contributed by atoms with Crippen molar-refractivity contribution in [2.75, 3.05) is 12.3 Å². The quantitative estimate of drug-likeness (QED) is 0.868. The zero-order valence-electron chi connectivity index (χ0n) is 11.4. The number of esters is 1. The fraction of sp³-hybridized carbons (Fsp3) is 0.333. The highest BCUT2D eigenvalue weighted by atomic mass is 16.5. The molecule has 2 aromatic rings. The van der Waals surface area contributed by atoms with E-state index in [-0.39, 0.29) is 5.69 Å². The first-order valence-electron chi connectivity index (χ1n) is 6.83. The number of rotatable bonds is 3. The molecule has 0 fully saturated rings. The van der Waals surface area contributed by atoms with Gasteiger partial charge in [-0.3, -0.25) is 4.57 Å². The standard InChI is InChI=1S/C15H17N3O2/c1-2-20-15(19)13-14(16)18(9-17-13)12-7-6-10-4-3-5-11(10)8-12/h6-9H,2-5,16H2,1H3. The molecule has 0 atom stereocenters. The summed E-state index contributed by atoms with van der Waals surface area (Å²) < 4.78 is 6.66. The van der Waals surface area contributed by atoms with Crippen molar-refractivity contribution >= 4 is 11.8 Å². The van der Waals surface area contributed by atoms with Crippen molar-refractivity contribution in [3.05, 3.63) is 41.3 Å². The Morgan fingerprint density at radius 2 is 2.20 bits per heavy atom. The topological polar surface area (TPSA) is 70.1 Å². The molecule has 0 saturated carbocycles. The van der Waals surface area contributed by atoms with E-state index in [9.17, 15) is 4.79 Å². The van der Waals surface area contributed by atoms with Crippen LogP contribution < -0.4 is 5.73 Å². The van der Waals surface area contributed by atoms with E-state index >= 15 is 0 Å². The van der Waals surface area contributed by atoms with Gasteiger partial charge in [-0.05, 0) is 49.4 Å². The summed E-state index contributed by atoms with van der Waals surface area (Å²) in [6, 6.07) is 6.26. The summed E-state index contributed by atoms with van der Waals surface area (Å²) in [5.41, 5.74) is 9.88. The number of aromatic nitrogens is 2. The van der Waals surface area contributed by atoms with Gasteiger partial charge in [-0.2, -0.15) is 0 Å². The second-order valence-electron chi connectivity index (χ2n) is 4.88. The smallest absolute Gasteiger partial charge is 0.360 e. The van der Waals surface area contributed by atoms with E-state index in [0.29, 0.717) is 12.4 Å². The van der Waals surface area contributed by atoms with Gasteiger partial charge in [0.15, 0.2) is 5.69 Å². The molecule has 104 valence electrons. The van der Waals surface area contributed by atoms with E-state index in [1.807, 2.05) is 6.07 Å². The second-order valence-corrected chi connectivity index (χ2v) is 4.88. The van der Waals surface area contributed by atoms with E-state index in [1.54, 1.807) is 17.8 Å². The molecule has 0 spiro atoms. The third-order valence-corrected chi connectivity index (χ3v) is 3.63. The molecule has 20 heavy (non-hydrogen) atoms. The molecule has 0 radical (unpaired) electrons. The molecule has 0 amide bonds. The van der Waals surface area contributed by atoms with Gasteiger partial charge in [-0.15, -0.1) is 0 Å². The third kappa shape index (κ3) is 2.05. The normalized spacial score (nSPS) is 13.2. The molecule has 0 unspecified atom stereocenters. The molecule has 1 aromatic carbocycles. The second kappa shape index (κ2) is 5.00. The molecule has 1 aliphatic carbocycles. The number of anilines is 1. The molecule has 1 aromatic heterocycles. The average molecular weight is 271 g/mol. The molecule has 3 rings (SSSR count). The van der Waals surface area contributed by atoms with Crippen LogP contribution in [-0.4, -0.2) is 22.1 Å². The summed E-state index contributed by atoms with van der Waals surface area (Å²) >= 11 is 0. The maximum atomic E-state index is 11.7. The molecule has 1 aliphatic rings. The highest BCUT2D eigenvalue weighted by molar-refractivity contribution is 5.92. The predicted octanol–water partition coefficient (Wildman–Crippen LogP) is 2.12. The number of carbonyl (C=O) groups is 1. The van der Waals surface area contributed by atoms with Crippen LogP contribution in [0, 0.1) is 0 Å². The van der Waals surface area contributed by atoms with Crippen molar-refractivity contribution in [1.82, 2.24) is 9.55 Å². The molecule has 0 aliphatic heterocycles.